The van der Waals surface area contributed by atoms with E-state index in [9.17, 15) is 14.4 Å². The Kier molecular flexibility index (Phi) is 7.16. The molecule has 0 aliphatic carbocycles. The Morgan fingerprint density at radius 2 is 1.88 bits per heavy atom. The van der Waals surface area contributed by atoms with Crippen molar-refractivity contribution in [3.05, 3.63) is 52.2 Å². The maximum Gasteiger partial charge on any atom is 0.411 e. The molecular weight excluding hydrogens is 356 g/mol. The average molecular weight is 376 g/mol. The zero-order chi connectivity index (χ0) is 18.9. The van der Waals surface area contributed by atoms with Crippen LogP contribution in [0.25, 0.3) is 0 Å². The van der Waals surface area contributed by atoms with Crippen LogP contribution in [0.1, 0.15) is 34.6 Å². The van der Waals surface area contributed by atoms with Gasteiger partial charge in [0, 0.05) is 16.1 Å². The SMILES string of the molecule is CCOC(=O)Nc1ccc(C(=O)NC(CC(=O)OC)c2cccs2)cc1. The molecule has 2 amide bonds. The third kappa shape index (κ3) is 5.59. The van der Waals surface area contributed by atoms with Crippen molar-refractivity contribution in [2.45, 2.75) is 19.4 Å². The van der Waals surface area contributed by atoms with Crippen LogP contribution in [-0.2, 0) is 14.3 Å². The third-order valence-electron chi connectivity index (χ3n) is 3.46. The summed E-state index contributed by atoms with van der Waals surface area (Å²) in [5, 5.41) is 7.27. The molecule has 8 heteroatoms. The molecule has 7 nitrogen and oxygen atoms in total. The molecule has 1 unspecified atom stereocenters. The second-order valence-electron chi connectivity index (χ2n) is 5.24. The molecule has 0 fully saturated rings. The second kappa shape index (κ2) is 9.57. The second-order valence-corrected chi connectivity index (χ2v) is 6.22. The highest BCUT2D eigenvalue weighted by molar-refractivity contribution is 7.10. The molecule has 2 N–H and O–H groups in total. The van der Waals surface area contributed by atoms with Gasteiger partial charge in [0.1, 0.15) is 0 Å². The number of hydrogen-bond acceptors (Lipinski definition) is 6. The first-order valence-corrected chi connectivity index (χ1v) is 8.86. The highest BCUT2D eigenvalue weighted by atomic mass is 32.1. The zero-order valence-corrected chi connectivity index (χ0v) is 15.3. The normalized spacial score (nSPS) is 11.3. The van der Waals surface area contributed by atoms with Crippen molar-refractivity contribution in [1.82, 2.24) is 5.32 Å². The van der Waals surface area contributed by atoms with Gasteiger partial charge in [-0.05, 0) is 42.6 Å². The first kappa shape index (κ1) is 19.5. The van der Waals surface area contributed by atoms with E-state index in [2.05, 4.69) is 10.6 Å². The van der Waals surface area contributed by atoms with E-state index < -0.39 is 18.1 Å². The van der Waals surface area contributed by atoms with Gasteiger partial charge in [0.05, 0.1) is 26.2 Å². The Balaban J connectivity index is 2.04. The lowest BCUT2D eigenvalue weighted by Gasteiger charge is -2.16. The maximum atomic E-state index is 12.5. The quantitative estimate of drug-likeness (QED) is 0.723. The minimum atomic E-state index is -0.555. The summed E-state index contributed by atoms with van der Waals surface area (Å²) in [5.41, 5.74) is 0.926. The summed E-state index contributed by atoms with van der Waals surface area (Å²) in [6.07, 6.45) is -0.508. The number of nitrogens with one attached hydrogen (secondary N) is 2. The van der Waals surface area contributed by atoms with Crippen LogP contribution < -0.4 is 10.6 Å². The topological polar surface area (TPSA) is 93.7 Å². The highest BCUT2D eigenvalue weighted by Crippen LogP contribution is 2.23. The van der Waals surface area contributed by atoms with Crippen LogP contribution in [0.15, 0.2) is 41.8 Å². The van der Waals surface area contributed by atoms with E-state index in [0.717, 1.165) is 4.88 Å². The van der Waals surface area contributed by atoms with Crippen molar-refractivity contribution in [1.29, 1.82) is 0 Å². The summed E-state index contributed by atoms with van der Waals surface area (Å²) in [6.45, 7) is 1.99. The lowest BCUT2D eigenvalue weighted by atomic mass is 10.1. The molecule has 0 aliphatic heterocycles. The summed E-state index contributed by atoms with van der Waals surface area (Å²) in [6, 6.07) is 9.61. The number of thiophene rings is 1. The summed E-state index contributed by atoms with van der Waals surface area (Å²) >= 11 is 1.45. The number of rotatable bonds is 7. The van der Waals surface area contributed by atoms with Crippen LogP contribution in [0, 0.1) is 0 Å². The van der Waals surface area contributed by atoms with Crippen LogP contribution >= 0.6 is 11.3 Å². The van der Waals surface area contributed by atoms with E-state index in [0.29, 0.717) is 11.3 Å². The fourth-order valence-electron chi connectivity index (χ4n) is 2.19. The number of benzene rings is 1. The van der Waals surface area contributed by atoms with Gasteiger partial charge >= 0.3 is 12.1 Å². The van der Waals surface area contributed by atoms with Crippen LogP contribution in [0.2, 0.25) is 0 Å². The minimum absolute atomic E-state index is 0.0469. The van der Waals surface area contributed by atoms with E-state index >= 15 is 0 Å². The number of methoxy groups -OCH3 is 1. The van der Waals surface area contributed by atoms with Crippen molar-refractivity contribution in [3.8, 4) is 0 Å². The number of carbonyl (C=O) groups is 3. The van der Waals surface area contributed by atoms with E-state index in [1.807, 2.05) is 17.5 Å². The van der Waals surface area contributed by atoms with Gasteiger partial charge in [-0.3, -0.25) is 14.9 Å². The van der Waals surface area contributed by atoms with E-state index in [1.165, 1.54) is 18.4 Å². The van der Waals surface area contributed by atoms with Gasteiger partial charge in [0.15, 0.2) is 0 Å². The van der Waals surface area contributed by atoms with Crippen molar-refractivity contribution >= 4 is 35.0 Å². The molecule has 0 aliphatic rings. The van der Waals surface area contributed by atoms with Gasteiger partial charge in [0.25, 0.3) is 5.91 Å². The van der Waals surface area contributed by atoms with Gasteiger partial charge < -0.3 is 14.8 Å². The highest BCUT2D eigenvalue weighted by Gasteiger charge is 2.20. The first-order chi connectivity index (χ1) is 12.5. The van der Waals surface area contributed by atoms with Gasteiger partial charge in [-0.2, -0.15) is 0 Å². The molecule has 1 atom stereocenters. The van der Waals surface area contributed by atoms with Crippen LogP contribution in [-0.4, -0.2) is 31.7 Å². The Morgan fingerprint density at radius 1 is 1.15 bits per heavy atom. The number of carbonyl (C=O) groups excluding carboxylic acids is 3. The number of esters is 1. The van der Waals surface area contributed by atoms with Crippen LogP contribution in [0.3, 0.4) is 0 Å². The van der Waals surface area contributed by atoms with Gasteiger partial charge in [-0.1, -0.05) is 6.07 Å². The molecule has 1 aromatic heterocycles. The summed E-state index contributed by atoms with van der Waals surface area (Å²) in [5.74, 6) is -0.729. The van der Waals surface area contributed by atoms with Gasteiger partial charge in [0.2, 0.25) is 0 Å². The van der Waals surface area contributed by atoms with Crippen LogP contribution in [0.5, 0.6) is 0 Å². The van der Waals surface area contributed by atoms with E-state index in [1.54, 1.807) is 31.2 Å². The molecule has 138 valence electrons. The predicted molar refractivity (Wildman–Crippen MR) is 98.2 cm³/mol. The van der Waals surface area contributed by atoms with Crippen molar-refractivity contribution < 1.29 is 23.9 Å². The molecule has 0 radical (unpaired) electrons. The van der Waals surface area contributed by atoms with E-state index in [4.69, 9.17) is 9.47 Å². The fraction of sp³-hybridized carbons (Fsp3) is 0.278. The molecule has 2 rings (SSSR count). The summed E-state index contributed by atoms with van der Waals surface area (Å²) < 4.78 is 9.49. The fourth-order valence-corrected chi connectivity index (χ4v) is 2.97. The molecule has 0 saturated heterocycles. The largest absolute Gasteiger partial charge is 0.469 e. The molecule has 0 spiro atoms. The van der Waals surface area contributed by atoms with Crippen LogP contribution in [0.4, 0.5) is 10.5 Å². The Bertz CT molecular complexity index is 743. The third-order valence-corrected chi connectivity index (χ3v) is 4.45. The Labute approximate surface area is 155 Å². The van der Waals surface area contributed by atoms with E-state index in [-0.39, 0.29) is 18.9 Å². The number of ether oxygens (including phenoxy) is 2. The molecule has 2 aromatic rings. The van der Waals surface area contributed by atoms with Crippen molar-refractivity contribution in [2.24, 2.45) is 0 Å². The maximum absolute atomic E-state index is 12.5. The molecule has 0 saturated carbocycles. The summed E-state index contributed by atoms with van der Waals surface area (Å²) in [7, 11) is 1.31. The monoisotopic (exact) mass is 376 g/mol. The van der Waals surface area contributed by atoms with Crippen molar-refractivity contribution in [3.63, 3.8) is 0 Å². The lowest BCUT2D eigenvalue weighted by molar-refractivity contribution is -0.141. The smallest absolute Gasteiger partial charge is 0.411 e. The number of hydrogen-bond donors (Lipinski definition) is 2. The minimum Gasteiger partial charge on any atom is -0.469 e. The number of anilines is 1. The molecule has 1 heterocycles. The molecule has 1 aromatic carbocycles. The lowest BCUT2D eigenvalue weighted by Crippen LogP contribution is -2.30. The molecular formula is C18H20N2O5S. The average Bonchev–Trinajstić information content (AvgIpc) is 3.16. The summed E-state index contributed by atoms with van der Waals surface area (Å²) in [4.78, 5) is 36.3. The number of amides is 2. The Morgan fingerprint density at radius 3 is 2.46 bits per heavy atom. The molecule has 26 heavy (non-hydrogen) atoms. The molecule has 0 bridgehead atoms. The zero-order valence-electron chi connectivity index (χ0n) is 14.5. The first-order valence-electron chi connectivity index (χ1n) is 7.98. The van der Waals surface area contributed by atoms with Crippen molar-refractivity contribution in [2.75, 3.05) is 19.0 Å². The van der Waals surface area contributed by atoms with Gasteiger partial charge in [-0.25, -0.2) is 4.79 Å². The van der Waals surface area contributed by atoms with Gasteiger partial charge in [-0.15, -0.1) is 11.3 Å². The predicted octanol–water partition coefficient (Wildman–Crippen LogP) is 3.35. The Hall–Kier alpha value is -2.87. The standard InChI is InChI=1S/C18H20N2O5S/c1-3-25-18(23)19-13-8-6-12(7-9-13)17(22)20-14(11-16(21)24-2)15-5-4-10-26-15/h4-10,14H,3,11H2,1-2H3,(H,19,23)(H,20,22).